The Morgan fingerprint density at radius 1 is 1.07 bits per heavy atom. The molecule has 0 aliphatic carbocycles. The van der Waals surface area contributed by atoms with E-state index in [4.69, 9.17) is 18.9 Å². The standard InChI is InChI=1S/C33H36N2O5S/c1-20-18-33(2,3)34-23-10-9-22-29(28(20)23)26(40-24-11-12-25(39-19-37-4)31(38-5)30(22)24)17-27-21(13-16-41-27)32(36)35-14-7-6-8-15-35/h9-13,16-18,34H,6-8,14-15,19H2,1-5H3/b26-17-. The lowest BCUT2D eigenvalue weighted by Crippen LogP contribution is -2.35. The number of carbonyl (C=O) groups is 1. The van der Waals surface area contributed by atoms with E-state index in [9.17, 15) is 4.79 Å². The fourth-order valence-electron chi connectivity index (χ4n) is 6.17. The Morgan fingerprint density at radius 2 is 1.88 bits per heavy atom. The van der Waals surface area contributed by atoms with Crippen molar-refractivity contribution in [1.82, 2.24) is 4.90 Å². The lowest BCUT2D eigenvalue weighted by Gasteiger charge is -2.35. The van der Waals surface area contributed by atoms with Gasteiger partial charge in [-0.1, -0.05) is 12.1 Å². The first-order chi connectivity index (χ1) is 19.8. The van der Waals surface area contributed by atoms with Gasteiger partial charge >= 0.3 is 0 Å². The Morgan fingerprint density at radius 3 is 2.63 bits per heavy atom. The molecule has 0 saturated carbocycles. The lowest BCUT2D eigenvalue weighted by molar-refractivity contribution is 0.0492. The summed E-state index contributed by atoms with van der Waals surface area (Å²) in [6.07, 6.45) is 7.56. The van der Waals surface area contributed by atoms with Gasteiger partial charge in [0.1, 0.15) is 11.5 Å². The van der Waals surface area contributed by atoms with Crippen LogP contribution in [0.2, 0.25) is 0 Å². The summed E-state index contributed by atoms with van der Waals surface area (Å²) in [7, 11) is 3.23. The summed E-state index contributed by atoms with van der Waals surface area (Å²) in [5.74, 6) is 2.61. The number of benzene rings is 2. The highest BCUT2D eigenvalue weighted by Gasteiger charge is 2.34. The number of carbonyl (C=O) groups excluding carboxylic acids is 1. The fraction of sp³-hybridized carbons (Fsp3) is 0.364. The number of rotatable bonds is 6. The zero-order chi connectivity index (χ0) is 28.7. The lowest BCUT2D eigenvalue weighted by atomic mass is 9.83. The van der Waals surface area contributed by atoms with Crippen LogP contribution in [0.1, 0.15) is 66.4 Å². The number of hydrogen-bond acceptors (Lipinski definition) is 7. The van der Waals surface area contributed by atoms with E-state index in [0.717, 1.165) is 69.9 Å². The number of fused-ring (bicyclic) bond motifs is 5. The van der Waals surface area contributed by atoms with Crippen LogP contribution in [0.5, 0.6) is 17.2 Å². The second-order valence-electron chi connectivity index (χ2n) is 11.3. The topological polar surface area (TPSA) is 69.3 Å². The SMILES string of the molecule is COCOc1ccc2c(c1OC)-c1ccc3c(c1/C(=C/c1sccc1C(=O)N1CCCCC1)O2)C(C)=CC(C)(C)N3. The smallest absolute Gasteiger partial charge is 0.255 e. The summed E-state index contributed by atoms with van der Waals surface area (Å²) in [5.41, 5.74) is 6.55. The summed E-state index contributed by atoms with van der Waals surface area (Å²) in [5, 5.41) is 5.66. The summed E-state index contributed by atoms with van der Waals surface area (Å²) in [6.45, 7) is 8.18. The molecule has 214 valence electrons. The van der Waals surface area contributed by atoms with E-state index in [0.29, 0.717) is 23.0 Å². The van der Waals surface area contributed by atoms with Gasteiger partial charge in [-0.3, -0.25) is 4.79 Å². The van der Waals surface area contributed by atoms with Gasteiger partial charge in [-0.25, -0.2) is 0 Å². The number of thiophene rings is 1. The van der Waals surface area contributed by atoms with Crippen molar-refractivity contribution in [3.05, 3.63) is 63.4 Å². The van der Waals surface area contributed by atoms with E-state index in [1.165, 1.54) is 6.42 Å². The Hall–Kier alpha value is -3.75. The van der Waals surface area contributed by atoms with E-state index in [1.54, 1.807) is 25.6 Å². The zero-order valence-electron chi connectivity index (χ0n) is 24.3. The molecule has 3 aromatic rings. The van der Waals surface area contributed by atoms with Crippen LogP contribution in [-0.2, 0) is 4.74 Å². The van der Waals surface area contributed by atoms with Crippen LogP contribution in [-0.4, -0.2) is 50.4 Å². The minimum absolute atomic E-state index is 0.0884. The van der Waals surface area contributed by atoms with Crippen LogP contribution in [0.3, 0.4) is 0 Å². The predicted molar refractivity (Wildman–Crippen MR) is 165 cm³/mol. The molecule has 7 nitrogen and oxygen atoms in total. The Bertz CT molecular complexity index is 1560. The first kappa shape index (κ1) is 27.4. The van der Waals surface area contributed by atoms with Gasteiger partial charge in [-0.05, 0) is 81.3 Å². The number of anilines is 1. The number of likely N-dealkylation sites (tertiary alicyclic amines) is 1. The number of nitrogens with one attached hydrogen (secondary N) is 1. The molecule has 3 aliphatic rings. The molecule has 1 amide bonds. The molecule has 0 bridgehead atoms. The number of amides is 1. The van der Waals surface area contributed by atoms with Gasteiger partial charge in [0.05, 0.1) is 23.8 Å². The minimum Gasteiger partial charge on any atom is -0.492 e. The number of nitrogens with zero attached hydrogens (tertiary/aromatic N) is 1. The van der Waals surface area contributed by atoms with Crippen molar-refractivity contribution in [1.29, 1.82) is 0 Å². The monoisotopic (exact) mass is 572 g/mol. The molecule has 1 saturated heterocycles. The van der Waals surface area contributed by atoms with Crippen LogP contribution in [0.15, 0.2) is 41.8 Å². The van der Waals surface area contributed by atoms with E-state index in [2.05, 4.69) is 44.3 Å². The second-order valence-corrected chi connectivity index (χ2v) is 12.2. The Balaban J connectivity index is 1.54. The van der Waals surface area contributed by atoms with Crippen molar-refractivity contribution < 1.29 is 23.7 Å². The zero-order valence-corrected chi connectivity index (χ0v) is 25.1. The molecular formula is C33H36N2O5S. The highest BCUT2D eigenvalue weighted by atomic mass is 32.1. The summed E-state index contributed by atoms with van der Waals surface area (Å²) in [4.78, 5) is 16.4. The van der Waals surface area contributed by atoms with Gasteiger partial charge in [-0.15, -0.1) is 11.3 Å². The van der Waals surface area contributed by atoms with E-state index >= 15 is 0 Å². The third-order valence-corrected chi connectivity index (χ3v) is 8.68. The third-order valence-electron chi connectivity index (χ3n) is 7.82. The van der Waals surface area contributed by atoms with E-state index in [1.807, 2.05) is 34.6 Å². The Kier molecular flexibility index (Phi) is 7.30. The molecule has 0 atom stereocenters. The molecule has 8 heteroatoms. The van der Waals surface area contributed by atoms with Crippen LogP contribution in [0.4, 0.5) is 5.69 Å². The van der Waals surface area contributed by atoms with Gasteiger partial charge in [-0.2, -0.15) is 0 Å². The van der Waals surface area contributed by atoms with E-state index in [-0.39, 0.29) is 18.2 Å². The molecule has 41 heavy (non-hydrogen) atoms. The van der Waals surface area contributed by atoms with Gasteiger partial charge in [0, 0.05) is 47.5 Å². The number of ether oxygens (including phenoxy) is 4. The third kappa shape index (κ3) is 5.00. The predicted octanol–water partition coefficient (Wildman–Crippen LogP) is 7.53. The quantitative estimate of drug-likeness (QED) is 0.308. The van der Waals surface area contributed by atoms with E-state index < -0.39 is 0 Å². The van der Waals surface area contributed by atoms with Crippen molar-refractivity contribution >= 4 is 40.3 Å². The van der Waals surface area contributed by atoms with Gasteiger partial charge in [0.2, 0.25) is 0 Å². The molecule has 2 aromatic carbocycles. The van der Waals surface area contributed by atoms with Gasteiger partial charge in [0.25, 0.3) is 5.91 Å². The number of methoxy groups -OCH3 is 2. The van der Waals surface area contributed by atoms with Crippen molar-refractivity contribution in [3.63, 3.8) is 0 Å². The van der Waals surface area contributed by atoms with Crippen LogP contribution in [0.25, 0.3) is 28.5 Å². The second kappa shape index (κ2) is 10.9. The maximum Gasteiger partial charge on any atom is 0.255 e. The number of allylic oxidation sites excluding steroid dienone is 1. The average Bonchev–Trinajstić information content (AvgIpc) is 3.42. The van der Waals surface area contributed by atoms with Crippen molar-refractivity contribution in [3.8, 4) is 28.4 Å². The maximum absolute atomic E-state index is 13.5. The first-order valence-corrected chi connectivity index (χ1v) is 14.9. The Labute approximate surface area is 245 Å². The molecule has 1 fully saturated rings. The molecule has 4 heterocycles. The van der Waals surface area contributed by atoms with Crippen LogP contribution < -0.4 is 19.5 Å². The van der Waals surface area contributed by atoms with Crippen molar-refractivity contribution in [2.24, 2.45) is 0 Å². The molecule has 1 N–H and O–H groups in total. The molecule has 1 aromatic heterocycles. The summed E-state index contributed by atoms with van der Waals surface area (Å²) >= 11 is 1.56. The summed E-state index contributed by atoms with van der Waals surface area (Å²) < 4.78 is 23.6. The van der Waals surface area contributed by atoms with Crippen molar-refractivity contribution in [2.75, 3.05) is 39.4 Å². The molecule has 6 rings (SSSR count). The van der Waals surface area contributed by atoms with Crippen LogP contribution >= 0.6 is 11.3 Å². The van der Waals surface area contributed by atoms with Gasteiger partial charge in [0.15, 0.2) is 18.3 Å². The minimum atomic E-state index is -0.191. The maximum atomic E-state index is 13.5. The number of hydrogen-bond donors (Lipinski definition) is 1. The molecule has 3 aliphatic heterocycles. The fourth-order valence-corrected chi connectivity index (χ4v) is 6.98. The highest BCUT2D eigenvalue weighted by molar-refractivity contribution is 7.11. The average molecular weight is 573 g/mol. The van der Waals surface area contributed by atoms with Crippen molar-refractivity contribution in [2.45, 2.75) is 45.6 Å². The summed E-state index contributed by atoms with van der Waals surface area (Å²) in [6, 6.07) is 9.91. The largest absolute Gasteiger partial charge is 0.492 e. The molecule has 0 unspecified atom stereocenters. The van der Waals surface area contributed by atoms with Gasteiger partial charge < -0.3 is 29.2 Å². The molecule has 0 radical (unpaired) electrons. The molecule has 0 spiro atoms. The highest BCUT2D eigenvalue weighted by Crippen LogP contribution is 2.54. The number of piperidine rings is 1. The molecular weight excluding hydrogens is 536 g/mol. The van der Waals surface area contributed by atoms with Crippen LogP contribution in [0, 0.1) is 0 Å². The first-order valence-electron chi connectivity index (χ1n) is 14.1. The normalized spacial score (nSPS) is 17.9.